The number of hydrogen-bond acceptors (Lipinski definition) is 3. The van der Waals surface area contributed by atoms with Gasteiger partial charge in [-0.05, 0) is 73.5 Å². The Morgan fingerprint density at radius 3 is 2.39 bits per heavy atom. The average molecular weight is 437 g/mol. The smallest absolute Gasteiger partial charge is 0.266 e. The highest BCUT2D eigenvalue weighted by molar-refractivity contribution is 6.13. The van der Waals surface area contributed by atoms with Crippen LogP contribution < -0.4 is 5.32 Å². The summed E-state index contributed by atoms with van der Waals surface area (Å²) in [6.07, 6.45) is 3.25. The van der Waals surface area contributed by atoms with Crippen LogP contribution in [-0.4, -0.2) is 16.1 Å². The standard InChI is InChI=1S/C27H20FN3O2/c1-17-7-3-4-8-23(17)30-27(33)20(16-29)15-22-18(2)25(31-14-6-5-9-24(22)31)26(32)19-10-12-21(28)13-11-19/h3-15H,1-2H3,(H,30,33)/b20-15+. The highest BCUT2D eigenvalue weighted by Crippen LogP contribution is 2.28. The first-order valence-corrected chi connectivity index (χ1v) is 10.3. The number of para-hydroxylation sites is 1. The fourth-order valence-electron chi connectivity index (χ4n) is 3.75. The number of nitrogens with zero attached hydrogens (tertiary/aromatic N) is 2. The van der Waals surface area contributed by atoms with Crippen LogP contribution in [-0.2, 0) is 4.79 Å². The Balaban J connectivity index is 1.80. The largest absolute Gasteiger partial charge is 0.321 e. The van der Waals surface area contributed by atoms with Crippen LogP contribution >= 0.6 is 0 Å². The maximum absolute atomic E-state index is 13.3. The highest BCUT2D eigenvalue weighted by Gasteiger charge is 2.22. The molecule has 6 heteroatoms. The lowest BCUT2D eigenvalue weighted by molar-refractivity contribution is -0.112. The van der Waals surface area contributed by atoms with Gasteiger partial charge in [0.2, 0.25) is 5.78 Å². The number of ketones is 1. The fourth-order valence-corrected chi connectivity index (χ4v) is 3.75. The Kier molecular flexibility index (Phi) is 5.88. The third kappa shape index (κ3) is 4.17. The molecule has 0 aliphatic rings. The molecule has 33 heavy (non-hydrogen) atoms. The quantitative estimate of drug-likeness (QED) is 0.256. The number of anilines is 1. The minimum atomic E-state index is -0.534. The second kappa shape index (κ2) is 8.93. The number of halogens is 1. The van der Waals surface area contributed by atoms with Crippen LogP contribution in [0.3, 0.4) is 0 Å². The van der Waals surface area contributed by atoms with Crippen molar-refractivity contribution in [3.05, 3.63) is 112 Å². The molecular formula is C27H20FN3O2. The van der Waals surface area contributed by atoms with Gasteiger partial charge in [-0.15, -0.1) is 0 Å². The minimum absolute atomic E-state index is 0.0847. The zero-order valence-corrected chi connectivity index (χ0v) is 18.1. The van der Waals surface area contributed by atoms with E-state index in [1.807, 2.05) is 37.3 Å². The van der Waals surface area contributed by atoms with Crippen molar-refractivity contribution in [2.24, 2.45) is 0 Å². The molecule has 2 aromatic heterocycles. The van der Waals surface area contributed by atoms with Crippen LogP contribution in [0, 0.1) is 31.0 Å². The number of carbonyl (C=O) groups excluding carboxylic acids is 2. The first-order chi connectivity index (χ1) is 15.9. The van der Waals surface area contributed by atoms with Crippen LogP contribution in [0.2, 0.25) is 0 Å². The Bertz CT molecular complexity index is 1460. The summed E-state index contributed by atoms with van der Waals surface area (Å²) >= 11 is 0. The summed E-state index contributed by atoms with van der Waals surface area (Å²) < 4.78 is 15.1. The van der Waals surface area contributed by atoms with E-state index in [1.54, 1.807) is 35.7 Å². The van der Waals surface area contributed by atoms with Crippen LogP contribution in [0.25, 0.3) is 11.6 Å². The number of benzene rings is 2. The summed E-state index contributed by atoms with van der Waals surface area (Å²) in [5, 5.41) is 12.5. The molecule has 1 N–H and O–H groups in total. The van der Waals surface area contributed by atoms with Crippen molar-refractivity contribution in [2.75, 3.05) is 5.32 Å². The molecule has 0 unspecified atom stereocenters. The first-order valence-electron chi connectivity index (χ1n) is 10.3. The van der Waals surface area contributed by atoms with E-state index in [0.29, 0.717) is 33.6 Å². The Morgan fingerprint density at radius 2 is 1.70 bits per heavy atom. The first kappa shape index (κ1) is 21.7. The molecule has 4 aromatic rings. The van der Waals surface area contributed by atoms with Crippen molar-refractivity contribution < 1.29 is 14.0 Å². The van der Waals surface area contributed by atoms with Gasteiger partial charge in [0.1, 0.15) is 17.5 Å². The molecule has 162 valence electrons. The third-order valence-corrected chi connectivity index (χ3v) is 5.50. The SMILES string of the molecule is Cc1ccccc1NC(=O)/C(C#N)=C/c1c(C)c(C(=O)c2ccc(F)cc2)n2ccccc12. The number of hydrogen-bond donors (Lipinski definition) is 1. The van der Waals surface area contributed by atoms with E-state index in [0.717, 1.165) is 5.56 Å². The average Bonchev–Trinajstić information content (AvgIpc) is 3.09. The van der Waals surface area contributed by atoms with E-state index in [9.17, 15) is 19.2 Å². The molecule has 0 saturated carbocycles. The fraction of sp³-hybridized carbons (Fsp3) is 0.0741. The predicted molar refractivity (Wildman–Crippen MR) is 125 cm³/mol. The number of aromatic nitrogens is 1. The van der Waals surface area contributed by atoms with E-state index in [4.69, 9.17) is 0 Å². The van der Waals surface area contributed by atoms with Gasteiger partial charge in [0, 0.05) is 23.0 Å². The van der Waals surface area contributed by atoms with E-state index in [-0.39, 0.29) is 11.4 Å². The zero-order chi connectivity index (χ0) is 23.5. The van der Waals surface area contributed by atoms with Crippen molar-refractivity contribution in [3.8, 4) is 6.07 Å². The minimum Gasteiger partial charge on any atom is -0.321 e. The number of nitrogens with one attached hydrogen (secondary N) is 1. The number of nitriles is 1. The summed E-state index contributed by atoms with van der Waals surface area (Å²) in [6.45, 7) is 3.63. The molecule has 2 heterocycles. The van der Waals surface area contributed by atoms with E-state index < -0.39 is 11.7 Å². The van der Waals surface area contributed by atoms with E-state index in [2.05, 4.69) is 5.32 Å². The van der Waals surface area contributed by atoms with Gasteiger partial charge in [-0.2, -0.15) is 5.26 Å². The number of aryl methyl sites for hydroxylation is 1. The summed E-state index contributed by atoms with van der Waals surface area (Å²) in [4.78, 5) is 26.1. The lowest BCUT2D eigenvalue weighted by Gasteiger charge is -2.07. The summed E-state index contributed by atoms with van der Waals surface area (Å²) in [5.74, 6) is -1.24. The molecule has 4 rings (SSSR count). The van der Waals surface area contributed by atoms with Crippen molar-refractivity contribution >= 4 is 29.0 Å². The van der Waals surface area contributed by atoms with Crippen molar-refractivity contribution in [1.29, 1.82) is 5.26 Å². The molecule has 0 saturated heterocycles. The van der Waals surface area contributed by atoms with Crippen molar-refractivity contribution in [1.82, 2.24) is 4.40 Å². The van der Waals surface area contributed by atoms with E-state index >= 15 is 0 Å². The van der Waals surface area contributed by atoms with Crippen LogP contribution in [0.1, 0.15) is 32.7 Å². The molecule has 0 fully saturated rings. The molecule has 2 aromatic carbocycles. The van der Waals surface area contributed by atoms with Crippen molar-refractivity contribution in [2.45, 2.75) is 13.8 Å². The van der Waals surface area contributed by atoms with Gasteiger partial charge in [-0.1, -0.05) is 24.3 Å². The Morgan fingerprint density at radius 1 is 1.00 bits per heavy atom. The predicted octanol–water partition coefficient (Wildman–Crippen LogP) is 5.47. The molecule has 0 spiro atoms. The number of carbonyl (C=O) groups is 2. The highest BCUT2D eigenvalue weighted by atomic mass is 19.1. The normalized spacial score (nSPS) is 11.3. The maximum atomic E-state index is 13.3. The summed E-state index contributed by atoms with van der Waals surface area (Å²) in [7, 11) is 0. The topological polar surface area (TPSA) is 74.4 Å². The molecule has 0 aliphatic heterocycles. The van der Waals surface area contributed by atoms with Gasteiger partial charge in [0.05, 0.1) is 11.2 Å². The lowest BCUT2D eigenvalue weighted by Crippen LogP contribution is -2.14. The molecule has 0 aliphatic carbocycles. The van der Waals surface area contributed by atoms with Gasteiger partial charge < -0.3 is 9.72 Å². The zero-order valence-electron chi connectivity index (χ0n) is 18.1. The molecule has 0 atom stereocenters. The second-order valence-electron chi connectivity index (χ2n) is 7.62. The van der Waals surface area contributed by atoms with Crippen LogP contribution in [0.4, 0.5) is 10.1 Å². The number of rotatable bonds is 5. The summed E-state index contributed by atoms with van der Waals surface area (Å²) in [5.41, 5.74) is 4.03. The van der Waals surface area contributed by atoms with Gasteiger partial charge in [-0.3, -0.25) is 9.59 Å². The van der Waals surface area contributed by atoms with Gasteiger partial charge in [0.15, 0.2) is 0 Å². The molecular weight excluding hydrogens is 417 g/mol. The lowest BCUT2D eigenvalue weighted by atomic mass is 10.0. The van der Waals surface area contributed by atoms with Gasteiger partial charge >= 0.3 is 0 Å². The van der Waals surface area contributed by atoms with Gasteiger partial charge in [-0.25, -0.2) is 4.39 Å². The number of pyridine rings is 1. The molecule has 0 radical (unpaired) electrons. The van der Waals surface area contributed by atoms with Crippen LogP contribution in [0.5, 0.6) is 0 Å². The molecule has 1 amide bonds. The molecule has 0 bridgehead atoms. The maximum Gasteiger partial charge on any atom is 0.266 e. The van der Waals surface area contributed by atoms with Crippen LogP contribution in [0.15, 0.2) is 78.5 Å². The van der Waals surface area contributed by atoms with Crippen molar-refractivity contribution in [3.63, 3.8) is 0 Å². The summed E-state index contributed by atoms with van der Waals surface area (Å²) in [6, 6.07) is 20.0. The number of amides is 1. The monoisotopic (exact) mass is 437 g/mol. The Hall–Kier alpha value is -4.50. The molecule has 5 nitrogen and oxygen atoms in total. The van der Waals surface area contributed by atoms with Gasteiger partial charge in [0.25, 0.3) is 5.91 Å². The number of fused-ring (bicyclic) bond motifs is 1. The Labute approximate surface area is 190 Å². The second-order valence-corrected chi connectivity index (χ2v) is 7.62. The van der Waals surface area contributed by atoms with E-state index in [1.165, 1.54) is 30.3 Å². The third-order valence-electron chi connectivity index (χ3n) is 5.50.